The number of piperidine rings is 1. The lowest BCUT2D eigenvalue weighted by molar-refractivity contribution is -0.148. The highest BCUT2D eigenvalue weighted by Crippen LogP contribution is 2.26. The Morgan fingerprint density at radius 3 is 2.21 bits per heavy atom. The minimum Gasteiger partial charge on any atom is -0.481 e. The molecule has 108 valence electrons. The predicted molar refractivity (Wildman–Crippen MR) is 71.8 cm³/mol. The van der Waals surface area contributed by atoms with Crippen molar-refractivity contribution in [3.8, 4) is 0 Å². The Kier molecular flexibility index (Phi) is 4.45. The molecule has 1 amide bonds. The van der Waals surface area contributed by atoms with Crippen molar-refractivity contribution in [1.29, 1.82) is 0 Å². The summed E-state index contributed by atoms with van der Waals surface area (Å²) in [6.07, 6.45) is 3.44. The summed E-state index contributed by atoms with van der Waals surface area (Å²) < 4.78 is 0. The smallest absolute Gasteiger partial charge is 0.306 e. The number of carboxylic acids is 1. The van der Waals surface area contributed by atoms with Crippen LogP contribution in [-0.2, 0) is 9.59 Å². The van der Waals surface area contributed by atoms with Gasteiger partial charge in [0.05, 0.1) is 12.0 Å². The van der Waals surface area contributed by atoms with Crippen molar-refractivity contribution >= 4 is 11.9 Å². The maximum absolute atomic E-state index is 12.3. The number of hydrogen-bond acceptors (Lipinski definition) is 3. The molecule has 2 fully saturated rings. The monoisotopic (exact) mass is 268 g/mol. The molecule has 0 aliphatic carbocycles. The van der Waals surface area contributed by atoms with E-state index in [1.54, 1.807) is 6.92 Å². The molecule has 19 heavy (non-hydrogen) atoms. The Morgan fingerprint density at radius 2 is 1.68 bits per heavy atom. The van der Waals surface area contributed by atoms with Crippen molar-refractivity contribution in [2.24, 2.45) is 11.8 Å². The molecule has 0 aromatic heterocycles. The third-order valence-corrected chi connectivity index (χ3v) is 4.61. The van der Waals surface area contributed by atoms with Crippen LogP contribution in [0.4, 0.5) is 0 Å². The molecule has 0 spiro atoms. The fourth-order valence-corrected chi connectivity index (χ4v) is 2.92. The van der Waals surface area contributed by atoms with Crippen LogP contribution in [0.2, 0.25) is 0 Å². The highest BCUT2D eigenvalue weighted by molar-refractivity contribution is 5.81. The molecule has 0 aromatic carbocycles. The fourth-order valence-electron chi connectivity index (χ4n) is 2.92. The molecule has 2 aliphatic heterocycles. The first-order chi connectivity index (χ1) is 9.00. The standard InChI is InChI=1S/C14H24N2O3/c1-10(14(18)19)12-8-16(9-12)11(2)13(17)15-6-4-3-5-7-15/h10-12H,3-9H2,1-2H3,(H,18,19). The van der Waals surface area contributed by atoms with E-state index in [0.29, 0.717) is 0 Å². The minimum absolute atomic E-state index is 0.102. The molecule has 2 unspecified atom stereocenters. The lowest BCUT2D eigenvalue weighted by Crippen LogP contribution is -2.59. The number of carbonyl (C=O) groups is 2. The number of aliphatic carboxylic acids is 1. The van der Waals surface area contributed by atoms with Gasteiger partial charge in [-0.1, -0.05) is 6.92 Å². The van der Waals surface area contributed by atoms with Gasteiger partial charge < -0.3 is 10.0 Å². The maximum atomic E-state index is 12.3. The van der Waals surface area contributed by atoms with Gasteiger partial charge in [0.15, 0.2) is 0 Å². The molecule has 2 aliphatic rings. The quantitative estimate of drug-likeness (QED) is 0.827. The summed E-state index contributed by atoms with van der Waals surface area (Å²) in [4.78, 5) is 27.3. The van der Waals surface area contributed by atoms with Gasteiger partial charge >= 0.3 is 5.97 Å². The third kappa shape index (κ3) is 3.08. The van der Waals surface area contributed by atoms with Crippen LogP contribution in [0.1, 0.15) is 33.1 Å². The van der Waals surface area contributed by atoms with Crippen molar-refractivity contribution in [2.45, 2.75) is 39.2 Å². The second-order valence-corrected chi connectivity index (χ2v) is 5.90. The van der Waals surface area contributed by atoms with Crippen molar-refractivity contribution < 1.29 is 14.7 Å². The SMILES string of the molecule is CC(C(=O)O)C1CN(C(C)C(=O)N2CCCCC2)C1. The molecule has 5 heteroatoms. The second-order valence-electron chi connectivity index (χ2n) is 5.90. The number of carbonyl (C=O) groups excluding carboxylic acids is 1. The van der Waals surface area contributed by atoms with Gasteiger partial charge in [0, 0.05) is 26.2 Å². The van der Waals surface area contributed by atoms with Crippen LogP contribution in [0.3, 0.4) is 0 Å². The number of hydrogen-bond donors (Lipinski definition) is 1. The number of carboxylic acid groups (broad SMARTS) is 1. The highest BCUT2D eigenvalue weighted by atomic mass is 16.4. The molecule has 2 saturated heterocycles. The zero-order chi connectivity index (χ0) is 14.0. The van der Waals surface area contributed by atoms with Crippen molar-refractivity contribution in [3.05, 3.63) is 0 Å². The van der Waals surface area contributed by atoms with Gasteiger partial charge in [-0.3, -0.25) is 14.5 Å². The number of amides is 1. The summed E-state index contributed by atoms with van der Waals surface area (Å²) in [6, 6.07) is -0.102. The second kappa shape index (κ2) is 5.90. The molecule has 0 saturated carbocycles. The molecule has 0 radical (unpaired) electrons. The van der Waals surface area contributed by atoms with E-state index in [0.717, 1.165) is 39.0 Å². The Balaban J connectivity index is 1.80. The first-order valence-corrected chi connectivity index (χ1v) is 7.26. The number of rotatable bonds is 4. The van der Waals surface area contributed by atoms with Crippen molar-refractivity contribution in [2.75, 3.05) is 26.2 Å². The van der Waals surface area contributed by atoms with E-state index >= 15 is 0 Å². The zero-order valence-corrected chi connectivity index (χ0v) is 11.8. The van der Waals surface area contributed by atoms with Gasteiger partial charge in [0.25, 0.3) is 0 Å². The Morgan fingerprint density at radius 1 is 1.11 bits per heavy atom. The average molecular weight is 268 g/mol. The first-order valence-electron chi connectivity index (χ1n) is 7.26. The summed E-state index contributed by atoms with van der Waals surface area (Å²) in [5, 5.41) is 8.96. The molecular weight excluding hydrogens is 244 g/mol. The fraction of sp³-hybridized carbons (Fsp3) is 0.857. The Labute approximate surface area is 114 Å². The average Bonchev–Trinajstić information content (AvgIpc) is 2.36. The Hall–Kier alpha value is -1.10. The zero-order valence-electron chi connectivity index (χ0n) is 11.8. The molecule has 0 bridgehead atoms. The molecule has 1 N–H and O–H groups in total. The summed E-state index contributed by atoms with van der Waals surface area (Å²) >= 11 is 0. The summed E-state index contributed by atoms with van der Waals surface area (Å²) in [6.45, 7) is 6.92. The van der Waals surface area contributed by atoms with Gasteiger partial charge in [-0.05, 0) is 32.1 Å². The van der Waals surface area contributed by atoms with E-state index < -0.39 is 5.97 Å². The van der Waals surface area contributed by atoms with Crippen molar-refractivity contribution in [3.63, 3.8) is 0 Å². The van der Waals surface area contributed by atoms with E-state index in [1.807, 2.05) is 11.8 Å². The number of likely N-dealkylation sites (tertiary alicyclic amines) is 2. The Bertz CT molecular complexity index is 347. The van der Waals surface area contributed by atoms with Gasteiger partial charge in [-0.25, -0.2) is 0 Å². The van der Waals surface area contributed by atoms with E-state index in [-0.39, 0.29) is 23.8 Å². The van der Waals surface area contributed by atoms with Gasteiger partial charge in [-0.15, -0.1) is 0 Å². The summed E-state index contributed by atoms with van der Waals surface area (Å²) in [5.41, 5.74) is 0. The predicted octanol–water partition coefficient (Wildman–Crippen LogP) is 1.04. The maximum Gasteiger partial charge on any atom is 0.306 e. The van der Waals surface area contributed by atoms with Crippen LogP contribution in [0.25, 0.3) is 0 Å². The van der Waals surface area contributed by atoms with E-state index in [4.69, 9.17) is 5.11 Å². The van der Waals surface area contributed by atoms with E-state index in [2.05, 4.69) is 4.90 Å². The first kappa shape index (κ1) is 14.3. The van der Waals surface area contributed by atoms with Gasteiger partial charge in [-0.2, -0.15) is 0 Å². The largest absolute Gasteiger partial charge is 0.481 e. The number of nitrogens with zero attached hydrogens (tertiary/aromatic N) is 2. The lowest BCUT2D eigenvalue weighted by atomic mass is 9.86. The minimum atomic E-state index is -0.736. The molecule has 2 atom stereocenters. The van der Waals surface area contributed by atoms with Crippen molar-refractivity contribution in [1.82, 2.24) is 9.80 Å². The van der Waals surface area contributed by atoms with E-state index in [9.17, 15) is 9.59 Å². The molecule has 2 rings (SSSR count). The molecular formula is C14H24N2O3. The van der Waals surface area contributed by atoms with E-state index in [1.165, 1.54) is 6.42 Å². The van der Waals surface area contributed by atoms with Crippen LogP contribution >= 0.6 is 0 Å². The van der Waals surface area contributed by atoms with Crippen LogP contribution in [0, 0.1) is 11.8 Å². The van der Waals surface area contributed by atoms with Crippen LogP contribution in [-0.4, -0.2) is 59.0 Å². The van der Waals surface area contributed by atoms with Crippen LogP contribution in [0.15, 0.2) is 0 Å². The summed E-state index contributed by atoms with van der Waals surface area (Å²) in [5.74, 6) is -0.650. The molecule has 0 aromatic rings. The topological polar surface area (TPSA) is 60.9 Å². The third-order valence-electron chi connectivity index (χ3n) is 4.61. The van der Waals surface area contributed by atoms with Crippen LogP contribution < -0.4 is 0 Å². The normalized spacial score (nSPS) is 24.6. The van der Waals surface area contributed by atoms with Gasteiger partial charge in [0.2, 0.25) is 5.91 Å². The molecule has 2 heterocycles. The lowest BCUT2D eigenvalue weighted by Gasteiger charge is -2.45. The van der Waals surface area contributed by atoms with Gasteiger partial charge in [0.1, 0.15) is 0 Å². The summed E-state index contributed by atoms with van der Waals surface area (Å²) in [7, 11) is 0. The molecule has 5 nitrogen and oxygen atoms in total. The van der Waals surface area contributed by atoms with Crippen LogP contribution in [0.5, 0.6) is 0 Å². The highest BCUT2D eigenvalue weighted by Gasteiger charge is 2.39.